The van der Waals surface area contributed by atoms with Crippen molar-refractivity contribution in [2.75, 3.05) is 0 Å². The minimum atomic E-state index is 1.21. The Morgan fingerprint density at radius 2 is 1.93 bits per heavy atom. The highest BCUT2D eigenvalue weighted by Gasteiger charge is 2.08. The number of benzene rings is 1. The first-order valence-electron chi connectivity index (χ1n) is 4.66. The molecule has 0 amide bonds. The molecule has 3 heteroatoms. The highest BCUT2D eigenvalue weighted by molar-refractivity contribution is 9.08. The molecule has 2 heterocycles. The molecule has 0 unspecified atom stereocenters. The Labute approximate surface area is 100 Å². The Hall–Kier alpha value is -1.06. The van der Waals surface area contributed by atoms with E-state index in [1.165, 1.54) is 21.3 Å². The van der Waals surface area contributed by atoms with Crippen LogP contribution in [0.1, 0.15) is 0 Å². The molecule has 0 aliphatic carbocycles. The van der Waals surface area contributed by atoms with Crippen molar-refractivity contribution in [3.05, 3.63) is 48.0 Å². The van der Waals surface area contributed by atoms with Gasteiger partial charge in [-0.15, -0.1) is 11.3 Å². The predicted molar refractivity (Wildman–Crippen MR) is 69.6 cm³/mol. The van der Waals surface area contributed by atoms with E-state index in [4.69, 9.17) is 0 Å². The third-order valence-electron chi connectivity index (χ3n) is 2.45. The van der Waals surface area contributed by atoms with Crippen LogP contribution in [0.2, 0.25) is 0 Å². The van der Waals surface area contributed by atoms with Gasteiger partial charge in [0, 0.05) is 22.0 Å². The molecule has 0 bridgehead atoms. The Kier molecular flexibility index (Phi) is 2.15. The Morgan fingerprint density at radius 1 is 1.07 bits per heavy atom. The normalized spacial score (nSPS) is 11.0. The van der Waals surface area contributed by atoms with Crippen LogP contribution in [0.4, 0.5) is 0 Å². The third-order valence-corrected chi connectivity index (χ3v) is 3.94. The summed E-state index contributed by atoms with van der Waals surface area (Å²) in [7, 11) is 0. The lowest BCUT2D eigenvalue weighted by Gasteiger charge is -1.93. The van der Waals surface area contributed by atoms with Crippen LogP contribution in [0, 0.1) is 0 Å². The first kappa shape index (κ1) is 9.19. The summed E-state index contributed by atoms with van der Waals surface area (Å²) < 4.78 is 2.00. The number of hydrogen-bond acceptors (Lipinski definition) is 1. The SMILES string of the molecule is Brn1cc(-c2cccs2)c2ccccc21. The zero-order chi connectivity index (χ0) is 10.3. The van der Waals surface area contributed by atoms with Crippen LogP contribution in [0.3, 0.4) is 0 Å². The van der Waals surface area contributed by atoms with E-state index in [0.29, 0.717) is 0 Å². The highest BCUT2D eigenvalue weighted by Crippen LogP contribution is 2.33. The summed E-state index contributed by atoms with van der Waals surface area (Å²) in [5.41, 5.74) is 2.50. The predicted octanol–water partition coefficient (Wildman–Crippen LogP) is 4.53. The van der Waals surface area contributed by atoms with Gasteiger partial charge in [0.05, 0.1) is 21.7 Å². The maximum atomic E-state index is 3.52. The minimum absolute atomic E-state index is 1.21. The number of rotatable bonds is 1. The van der Waals surface area contributed by atoms with Gasteiger partial charge in [0.15, 0.2) is 0 Å². The van der Waals surface area contributed by atoms with Crippen LogP contribution >= 0.6 is 27.5 Å². The van der Waals surface area contributed by atoms with Crippen molar-refractivity contribution in [2.24, 2.45) is 0 Å². The van der Waals surface area contributed by atoms with Gasteiger partial charge in [-0.3, -0.25) is 3.59 Å². The van der Waals surface area contributed by atoms with Gasteiger partial charge in [-0.25, -0.2) is 0 Å². The van der Waals surface area contributed by atoms with Crippen molar-refractivity contribution in [2.45, 2.75) is 0 Å². The fourth-order valence-electron chi connectivity index (χ4n) is 1.77. The summed E-state index contributed by atoms with van der Waals surface area (Å²) in [5.74, 6) is 0. The summed E-state index contributed by atoms with van der Waals surface area (Å²) >= 11 is 5.29. The molecule has 0 atom stereocenters. The van der Waals surface area contributed by atoms with Crippen molar-refractivity contribution in [3.8, 4) is 10.4 Å². The number of aromatic nitrogens is 1. The second kappa shape index (κ2) is 3.51. The number of hydrogen-bond donors (Lipinski definition) is 0. The molecule has 1 aromatic carbocycles. The molecule has 0 fully saturated rings. The van der Waals surface area contributed by atoms with Crippen LogP contribution in [0.25, 0.3) is 21.3 Å². The van der Waals surface area contributed by atoms with Crippen LogP contribution < -0.4 is 0 Å². The largest absolute Gasteiger partial charge is 0.283 e. The van der Waals surface area contributed by atoms with Crippen LogP contribution in [0.5, 0.6) is 0 Å². The van der Waals surface area contributed by atoms with Gasteiger partial charge in [0.2, 0.25) is 0 Å². The first-order valence-corrected chi connectivity index (χ1v) is 6.25. The van der Waals surface area contributed by atoms with Crippen molar-refractivity contribution in [3.63, 3.8) is 0 Å². The van der Waals surface area contributed by atoms with Gasteiger partial charge in [-0.2, -0.15) is 0 Å². The monoisotopic (exact) mass is 277 g/mol. The number of thiophene rings is 1. The van der Waals surface area contributed by atoms with Crippen LogP contribution in [-0.2, 0) is 0 Å². The van der Waals surface area contributed by atoms with Gasteiger partial charge in [-0.1, -0.05) is 24.3 Å². The van der Waals surface area contributed by atoms with Gasteiger partial charge in [0.25, 0.3) is 0 Å². The van der Waals surface area contributed by atoms with E-state index in [-0.39, 0.29) is 0 Å². The molecule has 2 aromatic heterocycles. The molecule has 0 spiro atoms. The molecule has 0 radical (unpaired) electrons. The maximum absolute atomic E-state index is 3.52. The van der Waals surface area contributed by atoms with Crippen LogP contribution in [-0.4, -0.2) is 3.59 Å². The molecule has 1 nitrogen and oxygen atoms in total. The standard InChI is InChI=1S/C12H8BrNS/c13-14-8-10(12-6-3-7-15-12)9-4-1-2-5-11(9)14/h1-8H. The molecule has 0 saturated heterocycles. The molecular weight excluding hydrogens is 270 g/mol. The molecule has 0 N–H and O–H groups in total. The lowest BCUT2D eigenvalue weighted by Crippen LogP contribution is -1.71. The lowest BCUT2D eigenvalue weighted by molar-refractivity contribution is 1.39. The third kappa shape index (κ3) is 1.43. The zero-order valence-electron chi connectivity index (χ0n) is 7.85. The van der Waals surface area contributed by atoms with Gasteiger partial charge in [-0.05, 0) is 17.5 Å². The van der Waals surface area contributed by atoms with Crippen molar-refractivity contribution < 1.29 is 0 Å². The van der Waals surface area contributed by atoms with Gasteiger partial charge in [0.1, 0.15) is 0 Å². The van der Waals surface area contributed by atoms with Gasteiger partial charge < -0.3 is 0 Å². The van der Waals surface area contributed by atoms with E-state index in [0.717, 1.165) is 0 Å². The molecule has 0 aliphatic rings. The zero-order valence-corrected chi connectivity index (χ0v) is 10.3. The Morgan fingerprint density at radius 3 is 2.73 bits per heavy atom. The number of nitrogens with zero attached hydrogens (tertiary/aromatic N) is 1. The quantitative estimate of drug-likeness (QED) is 0.616. The van der Waals surface area contributed by atoms with E-state index < -0.39 is 0 Å². The van der Waals surface area contributed by atoms with E-state index in [2.05, 4.69) is 64.1 Å². The highest BCUT2D eigenvalue weighted by atomic mass is 79.9. The van der Waals surface area contributed by atoms with Crippen molar-refractivity contribution in [1.29, 1.82) is 0 Å². The summed E-state index contributed by atoms with van der Waals surface area (Å²) in [6, 6.07) is 12.6. The minimum Gasteiger partial charge on any atom is -0.283 e. The van der Waals surface area contributed by atoms with E-state index in [1.807, 2.05) is 3.59 Å². The number of halogens is 1. The topological polar surface area (TPSA) is 4.93 Å². The van der Waals surface area contributed by atoms with E-state index >= 15 is 0 Å². The lowest BCUT2D eigenvalue weighted by atomic mass is 10.1. The molecule has 15 heavy (non-hydrogen) atoms. The second-order valence-electron chi connectivity index (χ2n) is 3.35. The van der Waals surface area contributed by atoms with E-state index in [1.54, 1.807) is 11.3 Å². The Bertz CT molecular complexity index is 595. The van der Waals surface area contributed by atoms with Gasteiger partial charge >= 0.3 is 0 Å². The summed E-state index contributed by atoms with van der Waals surface area (Å²) in [4.78, 5) is 1.31. The molecule has 3 aromatic rings. The van der Waals surface area contributed by atoms with Crippen molar-refractivity contribution in [1.82, 2.24) is 3.59 Å². The summed E-state index contributed by atoms with van der Waals surface area (Å²) in [6.07, 6.45) is 2.12. The second-order valence-corrected chi connectivity index (χ2v) is 5.06. The average Bonchev–Trinajstić information content (AvgIpc) is 2.87. The van der Waals surface area contributed by atoms with E-state index in [9.17, 15) is 0 Å². The first-order chi connectivity index (χ1) is 7.36. The molecule has 74 valence electrons. The smallest absolute Gasteiger partial charge is 0.0598 e. The van der Waals surface area contributed by atoms with Crippen LogP contribution in [0.15, 0.2) is 48.0 Å². The average molecular weight is 278 g/mol. The number of fused-ring (bicyclic) bond motifs is 1. The number of para-hydroxylation sites is 1. The maximum Gasteiger partial charge on any atom is 0.0598 e. The molecule has 3 rings (SSSR count). The molecule has 0 saturated carbocycles. The van der Waals surface area contributed by atoms with Crippen molar-refractivity contribution >= 4 is 38.4 Å². The molecule has 0 aliphatic heterocycles. The fraction of sp³-hybridized carbons (Fsp3) is 0. The molecular formula is C12H8BrNS. The Balaban J connectivity index is 2.37. The fourth-order valence-corrected chi connectivity index (χ4v) is 3.03. The summed E-state index contributed by atoms with van der Waals surface area (Å²) in [5, 5.41) is 3.40. The summed E-state index contributed by atoms with van der Waals surface area (Å²) in [6.45, 7) is 0.